The fourth-order valence-corrected chi connectivity index (χ4v) is 2.05. The van der Waals surface area contributed by atoms with Crippen molar-refractivity contribution >= 4 is 5.95 Å². The molecule has 2 atom stereocenters. The van der Waals surface area contributed by atoms with Gasteiger partial charge in [0.25, 0.3) is 0 Å². The van der Waals surface area contributed by atoms with E-state index in [4.69, 9.17) is 11.5 Å². The highest BCUT2D eigenvalue weighted by molar-refractivity contribution is 5.18. The fourth-order valence-electron chi connectivity index (χ4n) is 2.05. The molecular weight excluding hydrogens is 178 g/mol. The fraction of sp³-hybridized carbons (Fsp3) is 0.778. The molecule has 1 aliphatic carbocycles. The van der Waals surface area contributed by atoms with Crippen molar-refractivity contribution in [3.63, 3.8) is 0 Å². The molecule has 1 fully saturated rings. The first-order valence-electron chi connectivity index (χ1n) is 5.10. The first-order chi connectivity index (χ1) is 6.68. The minimum atomic E-state index is 0.200. The number of hydrogen-bond donors (Lipinski definition) is 2. The van der Waals surface area contributed by atoms with Gasteiger partial charge < -0.3 is 11.5 Å². The monoisotopic (exact) mass is 195 g/mol. The van der Waals surface area contributed by atoms with E-state index in [0.29, 0.717) is 11.9 Å². The highest BCUT2D eigenvalue weighted by atomic mass is 15.4. The third kappa shape index (κ3) is 1.59. The molecule has 1 saturated carbocycles. The summed E-state index contributed by atoms with van der Waals surface area (Å²) in [6.45, 7) is 0. The second-order valence-corrected chi connectivity index (χ2v) is 4.01. The van der Waals surface area contributed by atoms with Gasteiger partial charge >= 0.3 is 0 Å². The Morgan fingerprint density at radius 3 is 2.64 bits per heavy atom. The Bertz CT molecular complexity index is 300. The maximum Gasteiger partial charge on any atom is 0.218 e. The van der Waals surface area contributed by atoms with Crippen LogP contribution >= 0.6 is 0 Å². The van der Waals surface area contributed by atoms with Gasteiger partial charge in [-0.2, -0.15) is 10.1 Å². The summed E-state index contributed by atoms with van der Waals surface area (Å²) in [4.78, 5) is 4.23. The predicted octanol–water partition coefficient (Wildman–Crippen LogP) is 0.382. The van der Waals surface area contributed by atoms with Gasteiger partial charge in [-0.25, -0.2) is 4.68 Å². The van der Waals surface area contributed by atoms with Crippen LogP contribution in [0.25, 0.3) is 0 Å². The van der Waals surface area contributed by atoms with Crippen molar-refractivity contribution in [3.8, 4) is 0 Å². The number of anilines is 1. The van der Waals surface area contributed by atoms with Crippen LogP contribution in [0.4, 0.5) is 5.95 Å². The molecule has 78 valence electrons. The first-order valence-corrected chi connectivity index (χ1v) is 5.10. The Morgan fingerprint density at radius 1 is 1.36 bits per heavy atom. The molecule has 2 rings (SSSR count). The first kappa shape index (κ1) is 9.45. The van der Waals surface area contributed by atoms with E-state index < -0.39 is 0 Å². The molecule has 4 N–H and O–H groups in total. The summed E-state index contributed by atoms with van der Waals surface area (Å²) in [7, 11) is 1.81. The van der Waals surface area contributed by atoms with Gasteiger partial charge in [-0.05, 0) is 12.8 Å². The predicted molar refractivity (Wildman–Crippen MR) is 54.6 cm³/mol. The molecule has 0 aromatic carbocycles. The molecule has 5 nitrogen and oxygen atoms in total. The lowest BCUT2D eigenvalue weighted by molar-refractivity contribution is 0.372. The van der Waals surface area contributed by atoms with E-state index in [1.807, 2.05) is 0 Å². The second-order valence-electron chi connectivity index (χ2n) is 4.01. The van der Waals surface area contributed by atoms with Gasteiger partial charge in [0.2, 0.25) is 5.95 Å². The molecule has 0 radical (unpaired) electrons. The van der Waals surface area contributed by atoms with Crippen molar-refractivity contribution in [2.24, 2.45) is 12.8 Å². The summed E-state index contributed by atoms with van der Waals surface area (Å²) < 4.78 is 1.61. The molecule has 1 aliphatic rings. The minimum absolute atomic E-state index is 0.200. The zero-order valence-corrected chi connectivity index (χ0v) is 8.48. The number of hydrogen-bond acceptors (Lipinski definition) is 4. The summed E-state index contributed by atoms with van der Waals surface area (Å²) >= 11 is 0. The van der Waals surface area contributed by atoms with Crippen molar-refractivity contribution in [2.45, 2.75) is 37.6 Å². The smallest absolute Gasteiger partial charge is 0.218 e. The molecule has 0 bridgehead atoms. The minimum Gasteiger partial charge on any atom is -0.368 e. The lowest BCUT2D eigenvalue weighted by atomic mass is 9.85. The molecule has 1 aromatic heterocycles. The molecule has 0 spiro atoms. The number of nitrogens with zero attached hydrogens (tertiary/aromatic N) is 3. The Labute approximate surface area is 83.5 Å². The van der Waals surface area contributed by atoms with Gasteiger partial charge in [-0.3, -0.25) is 0 Å². The third-order valence-electron chi connectivity index (χ3n) is 2.96. The normalized spacial score (nSPS) is 27.9. The van der Waals surface area contributed by atoms with E-state index in [2.05, 4.69) is 10.1 Å². The Hall–Kier alpha value is -1.10. The quantitative estimate of drug-likeness (QED) is 0.678. The number of nitrogen functional groups attached to an aromatic ring is 1. The Morgan fingerprint density at radius 2 is 2.07 bits per heavy atom. The summed E-state index contributed by atoms with van der Waals surface area (Å²) in [5.74, 6) is 1.59. The third-order valence-corrected chi connectivity index (χ3v) is 2.96. The van der Waals surface area contributed by atoms with Crippen molar-refractivity contribution in [1.82, 2.24) is 14.8 Å². The number of aromatic nitrogens is 3. The van der Waals surface area contributed by atoms with Gasteiger partial charge in [0.05, 0.1) is 0 Å². The zero-order chi connectivity index (χ0) is 10.1. The van der Waals surface area contributed by atoms with Gasteiger partial charge in [0.15, 0.2) is 5.82 Å². The summed E-state index contributed by atoms with van der Waals surface area (Å²) in [6.07, 6.45) is 4.60. The van der Waals surface area contributed by atoms with Crippen molar-refractivity contribution in [2.75, 3.05) is 5.73 Å². The van der Waals surface area contributed by atoms with Gasteiger partial charge in [0, 0.05) is 19.0 Å². The standard InChI is InChI=1S/C9H17N5/c1-14-9(11)12-8(13-14)6-4-2-3-5-7(6)10/h6-7H,2-5,10H2,1H3,(H2,11,12,13). The molecular formula is C9H17N5. The Balaban J connectivity index is 2.20. The molecule has 0 amide bonds. The highest BCUT2D eigenvalue weighted by Crippen LogP contribution is 2.30. The summed E-state index contributed by atoms with van der Waals surface area (Å²) in [5, 5.41) is 4.28. The summed E-state index contributed by atoms with van der Waals surface area (Å²) in [5.41, 5.74) is 11.7. The van der Waals surface area contributed by atoms with Crippen molar-refractivity contribution < 1.29 is 0 Å². The van der Waals surface area contributed by atoms with Crippen LogP contribution in [-0.4, -0.2) is 20.8 Å². The van der Waals surface area contributed by atoms with Crippen LogP contribution in [0, 0.1) is 0 Å². The molecule has 0 saturated heterocycles. The van der Waals surface area contributed by atoms with E-state index in [-0.39, 0.29) is 6.04 Å². The van der Waals surface area contributed by atoms with Gasteiger partial charge in [-0.1, -0.05) is 12.8 Å². The lowest BCUT2D eigenvalue weighted by Crippen LogP contribution is -2.32. The van der Waals surface area contributed by atoms with Crippen LogP contribution in [-0.2, 0) is 7.05 Å². The largest absolute Gasteiger partial charge is 0.368 e. The molecule has 1 aromatic rings. The van der Waals surface area contributed by atoms with Crippen LogP contribution in [0.2, 0.25) is 0 Å². The van der Waals surface area contributed by atoms with Crippen molar-refractivity contribution in [3.05, 3.63) is 5.82 Å². The lowest BCUT2D eigenvalue weighted by Gasteiger charge is -2.25. The van der Waals surface area contributed by atoms with E-state index in [1.165, 1.54) is 12.8 Å². The second kappa shape index (κ2) is 3.57. The molecule has 5 heteroatoms. The van der Waals surface area contributed by atoms with Crippen LogP contribution in [0.5, 0.6) is 0 Å². The molecule has 14 heavy (non-hydrogen) atoms. The van der Waals surface area contributed by atoms with E-state index in [1.54, 1.807) is 11.7 Å². The molecule has 0 aliphatic heterocycles. The van der Waals surface area contributed by atoms with Crippen LogP contribution in [0.15, 0.2) is 0 Å². The zero-order valence-electron chi connectivity index (χ0n) is 8.48. The number of nitrogens with two attached hydrogens (primary N) is 2. The molecule has 1 heterocycles. The average Bonchev–Trinajstić information content (AvgIpc) is 2.48. The van der Waals surface area contributed by atoms with Crippen LogP contribution < -0.4 is 11.5 Å². The molecule has 2 unspecified atom stereocenters. The average molecular weight is 195 g/mol. The maximum atomic E-state index is 6.04. The highest BCUT2D eigenvalue weighted by Gasteiger charge is 2.26. The summed E-state index contributed by atoms with van der Waals surface area (Å²) in [6, 6.07) is 0.200. The Kier molecular flexibility index (Phi) is 2.41. The van der Waals surface area contributed by atoms with Crippen LogP contribution in [0.3, 0.4) is 0 Å². The number of rotatable bonds is 1. The maximum absolute atomic E-state index is 6.04. The van der Waals surface area contributed by atoms with E-state index in [0.717, 1.165) is 18.7 Å². The van der Waals surface area contributed by atoms with Crippen molar-refractivity contribution in [1.29, 1.82) is 0 Å². The van der Waals surface area contributed by atoms with E-state index in [9.17, 15) is 0 Å². The van der Waals surface area contributed by atoms with Gasteiger partial charge in [-0.15, -0.1) is 0 Å². The van der Waals surface area contributed by atoms with Crippen LogP contribution in [0.1, 0.15) is 37.4 Å². The topological polar surface area (TPSA) is 82.8 Å². The number of aryl methyl sites for hydroxylation is 1. The van der Waals surface area contributed by atoms with Gasteiger partial charge in [0.1, 0.15) is 0 Å². The van der Waals surface area contributed by atoms with E-state index >= 15 is 0 Å². The SMILES string of the molecule is Cn1nc(C2CCCCC2N)nc1N.